The van der Waals surface area contributed by atoms with Crippen LogP contribution in [-0.2, 0) is 19.2 Å². The Morgan fingerprint density at radius 2 is 1.64 bits per heavy atom. The number of aromatic nitrogens is 1. The molecule has 0 spiro atoms. The van der Waals surface area contributed by atoms with Crippen LogP contribution in [0.3, 0.4) is 0 Å². The molecule has 0 saturated carbocycles. The second-order valence-electron chi connectivity index (χ2n) is 14.2. The lowest BCUT2D eigenvalue weighted by Gasteiger charge is -2.43. The Bertz CT molecular complexity index is 2090. The summed E-state index contributed by atoms with van der Waals surface area (Å²) in [6.07, 6.45) is 5.42. The summed E-state index contributed by atoms with van der Waals surface area (Å²) < 4.78 is 13.9. The van der Waals surface area contributed by atoms with Crippen molar-refractivity contribution in [3.8, 4) is 0 Å². The first-order valence-electron chi connectivity index (χ1n) is 17.9. The number of nitrogens with one attached hydrogen (secondary N) is 4. The molecule has 4 N–H and O–H groups in total. The van der Waals surface area contributed by atoms with E-state index in [1.165, 1.54) is 18.2 Å². The fourth-order valence-electron chi connectivity index (χ4n) is 8.06. The normalized spacial score (nSPS) is 22.0. The number of amides is 6. The van der Waals surface area contributed by atoms with Crippen LogP contribution in [0, 0.1) is 12.7 Å². The largest absolute Gasteiger partial charge is 0.371 e. The number of halogens is 1. The van der Waals surface area contributed by atoms with Crippen molar-refractivity contribution in [1.82, 2.24) is 25.0 Å². The number of piperidine rings is 2. The van der Waals surface area contributed by atoms with Crippen molar-refractivity contribution >= 4 is 64.2 Å². The molecule has 6 amide bonds. The quantitative estimate of drug-likeness (QED) is 0.212. The van der Waals surface area contributed by atoms with Gasteiger partial charge < -0.3 is 20.5 Å². The first-order chi connectivity index (χ1) is 25.5. The predicted octanol–water partition coefficient (Wildman–Crippen LogP) is 2.58. The van der Waals surface area contributed by atoms with Crippen LogP contribution in [0.25, 0.3) is 11.6 Å². The molecule has 0 bridgehead atoms. The van der Waals surface area contributed by atoms with E-state index >= 15 is 0 Å². The molecular formula is C38H39FN8O6. The predicted molar refractivity (Wildman–Crippen MR) is 193 cm³/mol. The van der Waals surface area contributed by atoms with Crippen molar-refractivity contribution < 1.29 is 33.2 Å². The zero-order valence-corrected chi connectivity index (χ0v) is 29.2. The minimum absolute atomic E-state index is 0.0780. The molecule has 0 radical (unpaired) electrons. The zero-order chi connectivity index (χ0) is 37.0. The van der Waals surface area contributed by atoms with Crippen LogP contribution in [0.2, 0.25) is 0 Å². The molecule has 5 aliphatic rings. The van der Waals surface area contributed by atoms with Gasteiger partial charge in [-0.1, -0.05) is 0 Å². The number of rotatable bonds is 7. The van der Waals surface area contributed by atoms with Crippen molar-refractivity contribution in [3.63, 3.8) is 0 Å². The van der Waals surface area contributed by atoms with Crippen molar-refractivity contribution in [1.29, 1.82) is 0 Å². The summed E-state index contributed by atoms with van der Waals surface area (Å²) in [5, 5.41) is 7.96. The number of piperazine rings is 1. The van der Waals surface area contributed by atoms with Crippen molar-refractivity contribution in [2.75, 3.05) is 61.3 Å². The van der Waals surface area contributed by atoms with Gasteiger partial charge in [0.25, 0.3) is 17.7 Å². The molecule has 14 nitrogen and oxygen atoms in total. The maximum Gasteiger partial charge on any atom is 0.262 e. The van der Waals surface area contributed by atoms with Gasteiger partial charge >= 0.3 is 0 Å². The maximum atomic E-state index is 13.9. The minimum atomic E-state index is -0.989. The molecule has 6 heterocycles. The molecule has 3 fully saturated rings. The Balaban J connectivity index is 0.812. The zero-order valence-electron chi connectivity index (χ0n) is 29.2. The lowest BCUT2D eigenvalue weighted by atomic mass is 10.0. The third-order valence-corrected chi connectivity index (χ3v) is 11.1. The summed E-state index contributed by atoms with van der Waals surface area (Å²) in [5.41, 5.74) is 4.86. The number of hydrogen-bond acceptors (Lipinski definition) is 9. The van der Waals surface area contributed by atoms with Crippen LogP contribution in [0.15, 0.2) is 42.6 Å². The fraction of sp³-hybridized carbons (Fsp3) is 0.368. The van der Waals surface area contributed by atoms with Crippen LogP contribution in [0.5, 0.6) is 0 Å². The first kappa shape index (κ1) is 34.4. The maximum absolute atomic E-state index is 13.9. The topological polar surface area (TPSA) is 167 Å². The van der Waals surface area contributed by atoms with E-state index in [0.29, 0.717) is 34.2 Å². The monoisotopic (exact) mass is 722 g/mol. The van der Waals surface area contributed by atoms with Gasteiger partial charge in [-0.25, -0.2) is 4.39 Å². The molecule has 274 valence electrons. The Hall–Kier alpha value is -5.67. The lowest BCUT2D eigenvalue weighted by Crippen LogP contribution is -2.54. The lowest BCUT2D eigenvalue weighted by molar-refractivity contribution is -0.136. The summed E-state index contributed by atoms with van der Waals surface area (Å²) in [6, 6.07) is 8.82. The summed E-state index contributed by atoms with van der Waals surface area (Å²) >= 11 is 0. The van der Waals surface area contributed by atoms with E-state index in [2.05, 4.69) is 35.6 Å². The molecule has 1 atom stereocenters. The van der Waals surface area contributed by atoms with Crippen LogP contribution in [0.1, 0.15) is 63.2 Å². The summed E-state index contributed by atoms with van der Waals surface area (Å²) in [6.45, 7) is 6.87. The van der Waals surface area contributed by atoms with E-state index in [1.54, 1.807) is 24.4 Å². The molecule has 3 saturated heterocycles. The summed E-state index contributed by atoms with van der Waals surface area (Å²) in [4.78, 5) is 86.9. The number of anilines is 3. The van der Waals surface area contributed by atoms with Crippen LogP contribution in [-0.4, -0.2) is 113 Å². The molecule has 1 unspecified atom stereocenters. The molecule has 0 aliphatic carbocycles. The van der Waals surface area contributed by atoms with Gasteiger partial charge in [0.15, 0.2) is 0 Å². The summed E-state index contributed by atoms with van der Waals surface area (Å²) in [5.74, 6) is -2.91. The van der Waals surface area contributed by atoms with E-state index < -0.39 is 35.5 Å². The Labute approximate surface area is 304 Å². The van der Waals surface area contributed by atoms with E-state index in [-0.39, 0.29) is 42.3 Å². The van der Waals surface area contributed by atoms with Gasteiger partial charge in [-0.05, 0) is 74.2 Å². The highest BCUT2D eigenvalue weighted by atomic mass is 19.1. The van der Waals surface area contributed by atoms with Crippen molar-refractivity contribution in [3.05, 3.63) is 76.4 Å². The highest BCUT2D eigenvalue weighted by Gasteiger charge is 2.45. The molecule has 3 aromatic rings. The average molecular weight is 723 g/mol. The summed E-state index contributed by atoms with van der Waals surface area (Å²) in [7, 11) is 0. The van der Waals surface area contributed by atoms with Crippen molar-refractivity contribution in [2.45, 2.75) is 44.7 Å². The van der Waals surface area contributed by atoms with Gasteiger partial charge in [0.05, 0.1) is 28.9 Å². The smallest absolute Gasteiger partial charge is 0.262 e. The van der Waals surface area contributed by atoms with Gasteiger partial charge in [-0.3, -0.25) is 48.8 Å². The Kier molecular flexibility index (Phi) is 8.90. The van der Waals surface area contributed by atoms with E-state index in [1.807, 2.05) is 13.0 Å². The number of nitrogens with zero attached hydrogens (tertiary/aromatic N) is 4. The van der Waals surface area contributed by atoms with E-state index in [4.69, 9.17) is 0 Å². The Morgan fingerprint density at radius 1 is 0.887 bits per heavy atom. The SMILES string of the molecule is Cc1c(NC(=O)CN2CCN(C3CCN(c4ccc5c(c4)C(=O)N(C4CCC(=O)NC4=O)C5=O)CC3)CC2)c[nH]c1/C=C1\C(=O)Nc2ccc(F)cc21. The second-order valence-corrected chi connectivity index (χ2v) is 14.2. The van der Waals surface area contributed by atoms with Gasteiger partial charge in [0.2, 0.25) is 17.7 Å². The minimum Gasteiger partial charge on any atom is -0.371 e. The average Bonchev–Trinajstić information content (AvgIpc) is 3.74. The van der Waals surface area contributed by atoms with Crippen LogP contribution >= 0.6 is 0 Å². The van der Waals surface area contributed by atoms with Gasteiger partial charge in [0.1, 0.15) is 11.9 Å². The number of carbonyl (C=O) groups excluding carboxylic acids is 6. The third-order valence-electron chi connectivity index (χ3n) is 11.1. The molecule has 15 heteroatoms. The number of aromatic amines is 1. The van der Waals surface area contributed by atoms with E-state index in [9.17, 15) is 33.2 Å². The number of H-pyrrole nitrogens is 1. The van der Waals surface area contributed by atoms with Crippen LogP contribution < -0.4 is 20.9 Å². The molecule has 1 aromatic heterocycles. The number of benzene rings is 2. The molecular weight excluding hydrogens is 683 g/mol. The number of imide groups is 2. The third kappa shape index (κ3) is 6.50. The highest BCUT2D eigenvalue weighted by molar-refractivity contribution is 6.35. The number of fused-ring (bicyclic) bond motifs is 2. The standard InChI is InChI=1S/C38H39FN8O6/c1-21-30(18-27-26-16-22(39)2-5-29(26)42-35(27)50)40-19-31(21)41-34(49)20-44-12-14-46(15-13-44)23-8-10-45(11-9-23)24-3-4-25-28(17-24)38(53)47(37(25)52)32-6-7-33(48)43-36(32)51/h2-5,16-19,23,32,40H,6-15,20H2,1H3,(H,41,49)(H,42,50)(H,43,48,51)/b27-18-. The Morgan fingerprint density at radius 3 is 2.40 bits per heavy atom. The number of hydrogen-bond donors (Lipinski definition) is 4. The second kappa shape index (κ2) is 13.7. The van der Waals surface area contributed by atoms with Gasteiger partial charge in [-0.2, -0.15) is 0 Å². The molecule has 8 rings (SSSR count). The fourth-order valence-corrected chi connectivity index (χ4v) is 8.06. The van der Waals surface area contributed by atoms with E-state index in [0.717, 1.165) is 68.3 Å². The van der Waals surface area contributed by atoms with Gasteiger partial charge in [0, 0.05) is 80.6 Å². The molecule has 2 aromatic carbocycles. The molecule has 5 aliphatic heterocycles. The molecule has 53 heavy (non-hydrogen) atoms. The highest BCUT2D eigenvalue weighted by Crippen LogP contribution is 2.35. The first-order valence-corrected chi connectivity index (χ1v) is 17.9. The number of carbonyl (C=O) groups is 6. The van der Waals surface area contributed by atoms with Crippen LogP contribution in [0.4, 0.5) is 21.5 Å². The van der Waals surface area contributed by atoms with Crippen molar-refractivity contribution in [2.24, 2.45) is 0 Å². The van der Waals surface area contributed by atoms with Gasteiger partial charge in [-0.15, -0.1) is 0 Å².